The zero-order valence-corrected chi connectivity index (χ0v) is 13.5. The van der Waals surface area contributed by atoms with E-state index in [0.717, 1.165) is 18.6 Å². The molecule has 2 atom stereocenters. The molecule has 0 spiro atoms. The first-order valence-corrected chi connectivity index (χ1v) is 8.59. The van der Waals surface area contributed by atoms with Crippen molar-refractivity contribution in [3.8, 4) is 0 Å². The molecule has 0 saturated heterocycles. The van der Waals surface area contributed by atoms with Gasteiger partial charge in [-0.2, -0.15) is 0 Å². The van der Waals surface area contributed by atoms with E-state index in [9.17, 15) is 0 Å². The minimum atomic E-state index is 0.457. The van der Waals surface area contributed by atoms with Gasteiger partial charge in [-0.15, -0.1) is 0 Å². The Hall–Kier alpha value is -0.0800. The molecule has 2 saturated carbocycles. The number of nitrogens with zero attached hydrogens (tertiary/aromatic N) is 1. The van der Waals surface area contributed by atoms with Gasteiger partial charge in [-0.25, -0.2) is 0 Å². The van der Waals surface area contributed by atoms with Gasteiger partial charge >= 0.3 is 0 Å². The molecule has 0 radical (unpaired) electrons. The molecule has 0 aromatic heterocycles. The van der Waals surface area contributed by atoms with Gasteiger partial charge in [-0.3, -0.25) is 4.90 Å². The van der Waals surface area contributed by atoms with Crippen LogP contribution in [0.5, 0.6) is 0 Å². The number of rotatable bonds is 7. The molecule has 2 aliphatic carbocycles. The summed E-state index contributed by atoms with van der Waals surface area (Å²) >= 11 is 0. The molecule has 0 bridgehead atoms. The van der Waals surface area contributed by atoms with Crippen LogP contribution in [-0.2, 0) is 0 Å². The molecule has 0 amide bonds. The summed E-state index contributed by atoms with van der Waals surface area (Å²) in [5, 5.41) is 3.82. The summed E-state index contributed by atoms with van der Waals surface area (Å²) < 4.78 is 0. The molecular weight excluding hydrogens is 232 g/mol. The van der Waals surface area contributed by atoms with Crippen LogP contribution in [0.15, 0.2) is 0 Å². The first-order chi connectivity index (χ1) is 9.10. The lowest BCUT2D eigenvalue weighted by atomic mass is 9.70. The van der Waals surface area contributed by atoms with E-state index in [1.54, 1.807) is 0 Å². The number of hydrogen-bond acceptors (Lipinski definition) is 2. The fourth-order valence-electron chi connectivity index (χ4n) is 3.97. The average molecular weight is 266 g/mol. The highest BCUT2D eigenvalue weighted by atomic mass is 15.2. The quantitative estimate of drug-likeness (QED) is 0.754. The second kappa shape index (κ2) is 6.58. The van der Waals surface area contributed by atoms with Crippen molar-refractivity contribution in [2.75, 3.05) is 13.1 Å². The summed E-state index contributed by atoms with van der Waals surface area (Å²) in [6, 6.07) is 2.37. The number of unbranched alkanes of at least 4 members (excludes halogenated alkanes) is 1. The molecule has 0 aromatic rings. The van der Waals surface area contributed by atoms with Gasteiger partial charge in [0.1, 0.15) is 0 Å². The maximum Gasteiger partial charge on any atom is 0.0274 e. The summed E-state index contributed by atoms with van der Waals surface area (Å²) in [4.78, 5) is 2.87. The normalized spacial score (nSPS) is 30.8. The molecule has 1 N–H and O–H groups in total. The molecule has 2 unspecified atom stereocenters. The van der Waals surface area contributed by atoms with E-state index in [4.69, 9.17) is 0 Å². The molecule has 2 aliphatic rings. The zero-order chi connectivity index (χ0) is 13.9. The van der Waals surface area contributed by atoms with Crippen molar-refractivity contribution in [1.82, 2.24) is 10.2 Å². The van der Waals surface area contributed by atoms with Crippen LogP contribution in [-0.4, -0.2) is 36.1 Å². The second-order valence-corrected chi connectivity index (χ2v) is 7.31. The van der Waals surface area contributed by atoms with Gasteiger partial charge in [0, 0.05) is 18.1 Å². The number of nitrogens with one attached hydrogen (secondary N) is 1. The molecule has 0 heterocycles. The van der Waals surface area contributed by atoms with Crippen LogP contribution in [0, 0.1) is 5.41 Å². The Morgan fingerprint density at radius 3 is 2.47 bits per heavy atom. The Morgan fingerprint density at radius 1 is 1.16 bits per heavy atom. The third kappa shape index (κ3) is 3.72. The monoisotopic (exact) mass is 266 g/mol. The lowest BCUT2D eigenvalue weighted by molar-refractivity contribution is 0.0432. The Morgan fingerprint density at radius 2 is 1.89 bits per heavy atom. The maximum atomic E-state index is 3.82. The van der Waals surface area contributed by atoms with E-state index in [1.807, 2.05) is 0 Å². The standard InChI is InChI=1S/C17H34N2/c1-5-7-13-19(14-10-11-14)15-9-8-12-17(3,4)16(15)18-6-2/h14-16,18H,5-13H2,1-4H3. The van der Waals surface area contributed by atoms with Gasteiger partial charge in [0.25, 0.3) is 0 Å². The molecular formula is C17H34N2. The Labute approximate surface area is 120 Å². The van der Waals surface area contributed by atoms with Crippen LogP contribution in [0.2, 0.25) is 0 Å². The van der Waals surface area contributed by atoms with Crippen molar-refractivity contribution in [2.24, 2.45) is 5.41 Å². The number of likely N-dealkylation sites (N-methyl/N-ethyl adjacent to an activating group) is 1. The molecule has 112 valence electrons. The van der Waals surface area contributed by atoms with Crippen LogP contribution in [0.25, 0.3) is 0 Å². The molecule has 2 fully saturated rings. The van der Waals surface area contributed by atoms with Gasteiger partial charge in [-0.05, 0) is 50.6 Å². The number of hydrogen-bond donors (Lipinski definition) is 1. The van der Waals surface area contributed by atoms with E-state index < -0.39 is 0 Å². The summed E-state index contributed by atoms with van der Waals surface area (Å²) in [5.41, 5.74) is 0.457. The van der Waals surface area contributed by atoms with Crippen LogP contribution >= 0.6 is 0 Å². The topological polar surface area (TPSA) is 15.3 Å². The molecule has 2 nitrogen and oxygen atoms in total. The first kappa shape index (κ1) is 15.3. The molecule has 2 rings (SSSR count). The molecule has 0 aliphatic heterocycles. The van der Waals surface area contributed by atoms with Crippen molar-refractivity contribution < 1.29 is 0 Å². The predicted molar refractivity (Wildman–Crippen MR) is 83.5 cm³/mol. The van der Waals surface area contributed by atoms with Crippen molar-refractivity contribution in [2.45, 2.75) is 90.8 Å². The smallest absolute Gasteiger partial charge is 0.0274 e. The summed E-state index contributed by atoms with van der Waals surface area (Å²) in [7, 11) is 0. The van der Waals surface area contributed by atoms with Gasteiger partial charge in [0.15, 0.2) is 0 Å². The minimum absolute atomic E-state index is 0.457. The summed E-state index contributed by atoms with van der Waals surface area (Å²) in [5.74, 6) is 0. The van der Waals surface area contributed by atoms with Crippen molar-refractivity contribution >= 4 is 0 Å². The van der Waals surface area contributed by atoms with Crippen LogP contribution in [0.3, 0.4) is 0 Å². The van der Waals surface area contributed by atoms with E-state index in [2.05, 4.69) is 37.9 Å². The van der Waals surface area contributed by atoms with E-state index >= 15 is 0 Å². The average Bonchev–Trinajstić information content (AvgIpc) is 3.18. The van der Waals surface area contributed by atoms with E-state index in [1.165, 1.54) is 51.5 Å². The van der Waals surface area contributed by atoms with Crippen molar-refractivity contribution in [3.05, 3.63) is 0 Å². The largest absolute Gasteiger partial charge is 0.312 e. The minimum Gasteiger partial charge on any atom is -0.312 e. The van der Waals surface area contributed by atoms with E-state index in [-0.39, 0.29) is 0 Å². The van der Waals surface area contributed by atoms with Gasteiger partial charge in [-0.1, -0.05) is 40.5 Å². The Balaban J connectivity index is 2.08. The highest BCUT2D eigenvalue weighted by molar-refractivity contribution is 5.01. The lowest BCUT2D eigenvalue weighted by Crippen LogP contribution is -2.59. The van der Waals surface area contributed by atoms with Gasteiger partial charge in [0.05, 0.1) is 0 Å². The highest BCUT2D eigenvalue weighted by Gasteiger charge is 2.44. The third-order valence-electron chi connectivity index (χ3n) is 5.18. The van der Waals surface area contributed by atoms with E-state index in [0.29, 0.717) is 11.5 Å². The molecule has 19 heavy (non-hydrogen) atoms. The summed E-state index contributed by atoms with van der Waals surface area (Å²) in [6.07, 6.45) is 9.78. The highest BCUT2D eigenvalue weighted by Crippen LogP contribution is 2.41. The summed E-state index contributed by atoms with van der Waals surface area (Å²) in [6.45, 7) is 11.9. The van der Waals surface area contributed by atoms with Crippen LogP contribution < -0.4 is 5.32 Å². The fourth-order valence-corrected chi connectivity index (χ4v) is 3.97. The third-order valence-corrected chi connectivity index (χ3v) is 5.18. The van der Waals surface area contributed by atoms with Crippen LogP contribution in [0.1, 0.15) is 72.6 Å². The maximum absolute atomic E-state index is 3.82. The van der Waals surface area contributed by atoms with Gasteiger partial charge < -0.3 is 5.32 Å². The Bertz CT molecular complexity index is 270. The predicted octanol–water partition coefficient (Wildman–Crippen LogP) is 3.81. The molecule has 0 aromatic carbocycles. The van der Waals surface area contributed by atoms with Crippen LogP contribution in [0.4, 0.5) is 0 Å². The SMILES string of the molecule is CCCCN(C1CC1)C1CCCC(C)(C)C1NCC. The first-order valence-electron chi connectivity index (χ1n) is 8.59. The lowest BCUT2D eigenvalue weighted by Gasteiger charge is -2.49. The van der Waals surface area contributed by atoms with Gasteiger partial charge in [0.2, 0.25) is 0 Å². The van der Waals surface area contributed by atoms with Crippen molar-refractivity contribution in [3.63, 3.8) is 0 Å². The zero-order valence-electron chi connectivity index (χ0n) is 13.5. The van der Waals surface area contributed by atoms with Crippen molar-refractivity contribution in [1.29, 1.82) is 0 Å². The molecule has 2 heteroatoms. The second-order valence-electron chi connectivity index (χ2n) is 7.31. The fraction of sp³-hybridized carbons (Fsp3) is 1.00. The Kier molecular flexibility index (Phi) is 5.30.